The molecule has 1 rings (SSSR count). The summed E-state index contributed by atoms with van der Waals surface area (Å²) in [5.74, 6) is 0.940. The fraction of sp³-hybridized carbons (Fsp3) is 0.647. The summed E-state index contributed by atoms with van der Waals surface area (Å²) in [6.45, 7) is 12.9. The van der Waals surface area contributed by atoms with Crippen LogP contribution in [0.4, 0.5) is 0 Å². The molecule has 3 heteroatoms. The molecule has 20 heavy (non-hydrogen) atoms. The van der Waals surface area contributed by atoms with Crippen molar-refractivity contribution in [3.05, 3.63) is 29.8 Å². The van der Waals surface area contributed by atoms with Crippen LogP contribution < -0.4 is 10.1 Å². The molecule has 0 heterocycles. The molecule has 0 aliphatic carbocycles. The first kappa shape index (κ1) is 17.0. The summed E-state index contributed by atoms with van der Waals surface area (Å²) in [6.07, 6.45) is 0.220. The standard InChI is InChI=1S/C17H30N2O/c1-7-19(13(2)3)12-17(18-6)15-8-10-16(11-9-15)20-14(4)5/h8-11,13-14,17-18H,7,12H2,1-6H3. The molecule has 1 aromatic carbocycles. The minimum absolute atomic E-state index is 0.220. The lowest BCUT2D eigenvalue weighted by Gasteiger charge is -2.29. The van der Waals surface area contributed by atoms with E-state index in [9.17, 15) is 0 Å². The third kappa shape index (κ3) is 5.14. The molecule has 0 bridgehead atoms. The second kappa shape index (κ2) is 8.28. The molecule has 0 fully saturated rings. The summed E-state index contributed by atoms with van der Waals surface area (Å²) >= 11 is 0. The summed E-state index contributed by atoms with van der Waals surface area (Å²) in [5.41, 5.74) is 1.31. The van der Waals surface area contributed by atoms with Crippen LogP contribution in [-0.2, 0) is 0 Å². The third-order valence-electron chi connectivity index (χ3n) is 3.56. The lowest BCUT2D eigenvalue weighted by Crippen LogP contribution is -2.38. The average Bonchev–Trinajstić information content (AvgIpc) is 2.40. The summed E-state index contributed by atoms with van der Waals surface area (Å²) < 4.78 is 5.69. The van der Waals surface area contributed by atoms with E-state index in [0.29, 0.717) is 12.1 Å². The van der Waals surface area contributed by atoms with Crippen molar-refractivity contribution >= 4 is 0 Å². The van der Waals surface area contributed by atoms with Gasteiger partial charge in [-0.15, -0.1) is 0 Å². The van der Waals surface area contributed by atoms with Crippen molar-refractivity contribution in [2.75, 3.05) is 20.1 Å². The molecule has 114 valence electrons. The van der Waals surface area contributed by atoms with Gasteiger partial charge in [0.25, 0.3) is 0 Å². The molecule has 0 aliphatic heterocycles. The molecule has 0 aromatic heterocycles. The van der Waals surface area contributed by atoms with Gasteiger partial charge in [-0.3, -0.25) is 4.90 Å². The number of nitrogens with zero attached hydrogens (tertiary/aromatic N) is 1. The Kier molecular flexibility index (Phi) is 7.03. The Morgan fingerprint density at radius 3 is 2.10 bits per heavy atom. The number of benzene rings is 1. The van der Waals surface area contributed by atoms with E-state index in [1.165, 1.54) is 5.56 Å². The van der Waals surface area contributed by atoms with Gasteiger partial charge in [-0.05, 0) is 59.0 Å². The number of hydrogen-bond donors (Lipinski definition) is 1. The SMILES string of the molecule is CCN(CC(NC)c1ccc(OC(C)C)cc1)C(C)C. The Morgan fingerprint density at radius 1 is 1.10 bits per heavy atom. The van der Waals surface area contributed by atoms with Gasteiger partial charge < -0.3 is 10.1 Å². The van der Waals surface area contributed by atoms with Crippen molar-refractivity contribution in [2.24, 2.45) is 0 Å². The Morgan fingerprint density at radius 2 is 1.70 bits per heavy atom. The van der Waals surface area contributed by atoms with Crippen molar-refractivity contribution in [1.29, 1.82) is 0 Å². The fourth-order valence-electron chi connectivity index (χ4n) is 2.35. The summed E-state index contributed by atoms with van der Waals surface area (Å²) in [4.78, 5) is 2.47. The molecular weight excluding hydrogens is 248 g/mol. The largest absolute Gasteiger partial charge is 0.491 e. The highest BCUT2D eigenvalue weighted by molar-refractivity contribution is 5.29. The molecule has 1 atom stereocenters. The van der Waals surface area contributed by atoms with Gasteiger partial charge in [-0.2, -0.15) is 0 Å². The molecule has 1 unspecified atom stereocenters. The zero-order valence-corrected chi connectivity index (χ0v) is 13.8. The molecular formula is C17H30N2O. The van der Waals surface area contributed by atoms with Crippen molar-refractivity contribution in [3.8, 4) is 5.75 Å². The average molecular weight is 278 g/mol. The van der Waals surface area contributed by atoms with E-state index in [-0.39, 0.29) is 6.10 Å². The van der Waals surface area contributed by atoms with Gasteiger partial charge in [0.05, 0.1) is 6.10 Å². The van der Waals surface area contributed by atoms with Crippen molar-refractivity contribution in [1.82, 2.24) is 10.2 Å². The smallest absolute Gasteiger partial charge is 0.119 e. The van der Waals surface area contributed by atoms with Gasteiger partial charge in [-0.1, -0.05) is 19.1 Å². The molecule has 3 nitrogen and oxygen atoms in total. The number of hydrogen-bond acceptors (Lipinski definition) is 3. The van der Waals surface area contributed by atoms with E-state index in [0.717, 1.165) is 18.8 Å². The molecule has 0 amide bonds. The van der Waals surface area contributed by atoms with Crippen molar-refractivity contribution < 1.29 is 4.74 Å². The molecule has 0 saturated carbocycles. The highest BCUT2D eigenvalue weighted by atomic mass is 16.5. The topological polar surface area (TPSA) is 24.5 Å². The molecule has 0 saturated heterocycles. The maximum atomic E-state index is 5.69. The maximum absolute atomic E-state index is 5.69. The van der Waals surface area contributed by atoms with Crippen LogP contribution in [0.5, 0.6) is 5.75 Å². The molecule has 0 radical (unpaired) electrons. The summed E-state index contributed by atoms with van der Waals surface area (Å²) in [7, 11) is 2.03. The fourth-order valence-corrected chi connectivity index (χ4v) is 2.35. The number of rotatable bonds is 8. The van der Waals surface area contributed by atoms with E-state index in [2.05, 4.69) is 55.3 Å². The zero-order chi connectivity index (χ0) is 15.1. The predicted molar refractivity (Wildman–Crippen MR) is 86.4 cm³/mol. The molecule has 0 aliphatic rings. The third-order valence-corrected chi connectivity index (χ3v) is 3.56. The number of likely N-dealkylation sites (N-methyl/N-ethyl adjacent to an activating group) is 2. The second-order valence-corrected chi connectivity index (χ2v) is 5.76. The first-order chi connectivity index (χ1) is 9.47. The number of ether oxygens (including phenoxy) is 1. The predicted octanol–water partition coefficient (Wildman–Crippen LogP) is 3.46. The first-order valence-corrected chi connectivity index (χ1v) is 7.65. The summed E-state index contributed by atoms with van der Waals surface area (Å²) in [5, 5.41) is 3.42. The van der Waals surface area contributed by atoms with E-state index < -0.39 is 0 Å². The second-order valence-electron chi connectivity index (χ2n) is 5.76. The van der Waals surface area contributed by atoms with Crippen LogP contribution in [0.3, 0.4) is 0 Å². The zero-order valence-electron chi connectivity index (χ0n) is 13.8. The van der Waals surface area contributed by atoms with Gasteiger partial charge in [-0.25, -0.2) is 0 Å². The van der Waals surface area contributed by atoms with Gasteiger partial charge in [0.1, 0.15) is 5.75 Å². The Hall–Kier alpha value is -1.06. The van der Waals surface area contributed by atoms with Gasteiger partial charge >= 0.3 is 0 Å². The lowest BCUT2D eigenvalue weighted by atomic mass is 10.1. The van der Waals surface area contributed by atoms with E-state index >= 15 is 0 Å². The lowest BCUT2D eigenvalue weighted by molar-refractivity contribution is 0.210. The van der Waals surface area contributed by atoms with Gasteiger partial charge in [0.2, 0.25) is 0 Å². The molecule has 1 aromatic rings. The van der Waals surface area contributed by atoms with Crippen LogP contribution in [0.1, 0.15) is 46.2 Å². The minimum atomic E-state index is 0.220. The van der Waals surface area contributed by atoms with Crippen LogP contribution in [-0.4, -0.2) is 37.2 Å². The first-order valence-electron chi connectivity index (χ1n) is 7.65. The van der Waals surface area contributed by atoms with Crippen LogP contribution in [0, 0.1) is 0 Å². The highest BCUT2D eigenvalue weighted by Crippen LogP contribution is 2.20. The quantitative estimate of drug-likeness (QED) is 0.788. The van der Waals surface area contributed by atoms with Gasteiger partial charge in [0.15, 0.2) is 0 Å². The van der Waals surface area contributed by atoms with E-state index in [1.54, 1.807) is 0 Å². The van der Waals surface area contributed by atoms with Crippen LogP contribution >= 0.6 is 0 Å². The van der Waals surface area contributed by atoms with Crippen LogP contribution in [0.2, 0.25) is 0 Å². The normalized spacial score (nSPS) is 13.2. The molecule has 1 N–H and O–H groups in total. The molecule has 0 spiro atoms. The maximum Gasteiger partial charge on any atom is 0.119 e. The monoisotopic (exact) mass is 278 g/mol. The Bertz CT molecular complexity index is 373. The summed E-state index contributed by atoms with van der Waals surface area (Å²) in [6, 6.07) is 9.36. The van der Waals surface area contributed by atoms with Gasteiger partial charge in [0, 0.05) is 18.6 Å². The minimum Gasteiger partial charge on any atom is -0.491 e. The van der Waals surface area contributed by atoms with Crippen LogP contribution in [0.25, 0.3) is 0 Å². The Balaban J connectivity index is 2.74. The highest BCUT2D eigenvalue weighted by Gasteiger charge is 2.15. The van der Waals surface area contributed by atoms with E-state index in [4.69, 9.17) is 4.74 Å². The Labute approximate surface area is 124 Å². The van der Waals surface area contributed by atoms with Crippen molar-refractivity contribution in [3.63, 3.8) is 0 Å². The van der Waals surface area contributed by atoms with E-state index in [1.807, 2.05) is 20.9 Å². The van der Waals surface area contributed by atoms with Crippen LogP contribution in [0.15, 0.2) is 24.3 Å². The number of nitrogens with one attached hydrogen (secondary N) is 1. The van der Waals surface area contributed by atoms with Crippen molar-refractivity contribution in [2.45, 2.75) is 52.8 Å².